The predicted molar refractivity (Wildman–Crippen MR) is 100.0 cm³/mol. The summed E-state index contributed by atoms with van der Waals surface area (Å²) in [4.78, 5) is 13.9. The van der Waals surface area contributed by atoms with E-state index in [4.69, 9.17) is 12.2 Å². The van der Waals surface area contributed by atoms with E-state index in [1.54, 1.807) is 21.7 Å². The molecule has 120 valence electrons. The minimum Gasteiger partial charge on any atom is -0.335 e. The molecule has 2 rings (SSSR count). The Balaban J connectivity index is 2.04. The maximum absolute atomic E-state index is 12.2. The fourth-order valence-electron chi connectivity index (χ4n) is 1.86. The minimum absolute atomic E-state index is 0.0298. The summed E-state index contributed by atoms with van der Waals surface area (Å²) in [5.74, 6) is 0.348. The van der Waals surface area contributed by atoms with Gasteiger partial charge in [0.2, 0.25) is 5.91 Å². The van der Waals surface area contributed by atoms with Crippen molar-refractivity contribution in [2.24, 2.45) is 0 Å². The van der Waals surface area contributed by atoms with E-state index in [1.807, 2.05) is 30.3 Å². The van der Waals surface area contributed by atoms with Gasteiger partial charge in [-0.05, 0) is 24.4 Å². The van der Waals surface area contributed by atoms with Crippen molar-refractivity contribution in [3.05, 3.63) is 59.6 Å². The summed E-state index contributed by atoms with van der Waals surface area (Å²) in [5, 5.41) is 4.49. The van der Waals surface area contributed by atoms with Crippen LogP contribution in [-0.2, 0) is 4.79 Å². The summed E-state index contributed by atoms with van der Waals surface area (Å²) >= 11 is 8.16. The Kier molecular flexibility index (Phi) is 6.76. The van der Waals surface area contributed by atoms with Crippen LogP contribution in [0.5, 0.6) is 0 Å². The quantitative estimate of drug-likeness (QED) is 0.404. The molecule has 0 spiro atoms. The van der Waals surface area contributed by atoms with Gasteiger partial charge in [0.05, 0.1) is 11.4 Å². The van der Waals surface area contributed by atoms with Crippen LogP contribution in [0, 0.1) is 3.95 Å². The van der Waals surface area contributed by atoms with Gasteiger partial charge in [-0.3, -0.25) is 4.79 Å². The predicted octanol–water partition coefficient (Wildman–Crippen LogP) is 3.96. The topological polar surface area (TPSA) is 38.1 Å². The maximum Gasteiger partial charge on any atom is 0.233 e. The lowest BCUT2D eigenvalue weighted by Crippen LogP contribution is -2.32. The van der Waals surface area contributed by atoms with Crippen LogP contribution in [0.25, 0.3) is 5.69 Å². The van der Waals surface area contributed by atoms with Gasteiger partial charge in [-0.1, -0.05) is 53.4 Å². The zero-order chi connectivity index (χ0) is 16.7. The van der Waals surface area contributed by atoms with Crippen molar-refractivity contribution in [3.63, 3.8) is 0 Å². The number of amides is 1. The van der Waals surface area contributed by atoms with Gasteiger partial charge in [-0.15, -0.1) is 18.3 Å². The molecule has 1 heterocycles. The number of carbonyl (C=O) groups is 1. The number of para-hydroxylation sites is 1. The maximum atomic E-state index is 12.2. The molecule has 1 amide bonds. The van der Waals surface area contributed by atoms with Crippen LogP contribution in [0.1, 0.15) is 0 Å². The Labute approximate surface area is 149 Å². The second kappa shape index (κ2) is 8.81. The fraction of sp³-hybridized carbons (Fsp3) is 0.188. The van der Waals surface area contributed by atoms with Crippen LogP contribution in [0.15, 0.2) is 60.0 Å². The normalized spacial score (nSPS) is 10.3. The zero-order valence-corrected chi connectivity index (χ0v) is 15.0. The van der Waals surface area contributed by atoms with Crippen molar-refractivity contribution >= 4 is 41.2 Å². The largest absolute Gasteiger partial charge is 0.335 e. The number of nitrogens with zero attached hydrogens (tertiary/aromatic N) is 3. The van der Waals surface area contributed by atoms with Gasteiger partial charge in [0.15, 0.2) is 8.29 Å². The molecule has 4 nitrogen and oxygen atoms in total. The van der Waals surface area contributed by atoms with E-state index in [9.17, 15) is 4.79 Å². The lowest BCUT2D eigenvalue weighted by Gasteiger charge is -2.18. The molecule has 1 aromatic carbocycles. The van der Waals surface area contributed by atoms with E-state index < -0.39 is 0 Å². The van der Waals surface area contributed by atoms with Gasteiger partial charge >= 0.3 is 0 Å². The van der Waals surface area contributed by atoms with Gasteiger partial charge in [-0.25, -0.2) is 4.68 Å². The monoisotopic (exact) mass is 363 g/mol. The molecule has 0 aliphatic rings. The van der Waals surface area contributed by atoms with Gasteiger partial charge < -0.3 is 4.90 Å². The third kappa shape index (κ3) is 4.89. The number of thioether (sulfide) groups is 1. The zero-order valence-electron chi connectivity index (χ0n) is 12.6. The van der Waals surface area contributed by atoms with E-state index in [0.717, 1.165) is 10.0 Å². The number of rotatable bonds is 8. The molecule has 7 heteroatoms. The number of hydrogen-bond donors (Lipinski definition) is 0. The van der Waals surface area contributed by atoms with E-state index >= 15 is 0 Å². The van der Waals surface area contributed by atoms with Crippen LogP contribution < -0.4 is 0 Å². The molecule has 1 aromatic heterocycles. The van der Waals surface area contributed by atoms with Crippen LogP contribution in [0.3, 0.4) is 0 Å². The van der Waals surface area contributed by atoms with Crippen molar-refractivity contribution in [1.82, 2.24) is 14.7 Å². The summed E-state index contributed by atoms with van der Waals surface area (Å²) < 4.78 is 3.17. The first-order valence-corrected chi connectivity index (χ1v) is 9.14. The van der Waals surface area contributed by atoms with Gasteiger partial charge in [0, 0.05) is 13.1 Å². The Morgan fingerprint density at radius 3 is 2.57 bits per heavy atom. The molecule has 0 saturated carbocycles. The van der Waals surface area contributed by atoms with Crippen LogP contribution in [-0.4, -0.2) is 39.4 Å². The standard InChI is InChI=1S/C16H17N3OS3/c1-3-10-18(11-4-2)14(20)12-22-15-17-19(16(21)23-15)13-8-6-5-7-9-13/h3-9H,1-2,10-12H2. The first-order valence-electron chi connectivity index (χ1n) is 6.93. The third-order valence-corrected chi connectivity index (χ3v) is 5.25. The lowest BCUT2D eigenvalue weighted by molar-refractivity contribution is -0.127. The number of hydrogen-bond acceptors (Lipinski definition) is 5. The average Bonchev–Trinajstić information content (AvgIpc) is 2.94. The molecule has 0 atom stereocenters. The summed E-state index contributed by atoms with van der Waals surface area (Å²) in [6, 6.07) is 9.72. The SMILES string of the molecule is C=CCN(CC=C)C(=O)CSc1nn(-c2ccccc2)c(=S)s1. The van der Waals surface area contributed by atoms with Gasteiger partial charge in [-0.2, -0.15) is 0 Å². The van der Waals surface area contributed by atoms with E-state index in [1.165, 1.54) is 23.1 Å². The molecule has 0 saturated heterocycles. The Hall–Kier alpha value is -1.70. The number of carbonyl (C=O) groups excluding carboxylic acids is 1. The number of benzene rings is 1. The second-order valence-electron chi connectivity index (χ2n) is 4.55. The summed E-state index contributed by atoms with van der Waals surface area (Å²) in [6.07, 6.45) is 3.42. The fourth-order valence-corrected chi connectivity index (χ4v) is 4.12. The van der Waals surface area contributed by atoms with Crippen molar-refractivity contribution in [1.29, 1.82) is 0 Å². The summed E-state index contributed by atoms with van der Waals surface area (Å²) in [6.45, 7) is 8.37. The van der Waals surface area contributed by atoms with Crippen molar-refractivity contribution in [3.8, 4) is 5.69 Å². The molecule has 2 aromatic rings. The molecular weight excluding hydrogens is 346 g/mol. The van der Waals surface area contributed by atoms with E-state index in [2.05, 4.69) is 18.3 Å². The molecule has 0 fully saturated rings. The molecule has 23 heavy (non-hydrogen) atoms. The van der Waals surface area contributed by atoms with Gasteiger partial charge in [0.25, 0.3) is 0 Å². The van der Waals surface area contributed by atoms with E-state index in [-0.39, 0.29) is 5.91 Å². The highest BCUT2D eigenvalue weighted by Gasteiger charge is 2.13. The molecule has 0 radical (unpaired) electrons. The molecule has 0 N–H and O–H groups in total. The van der Waals surface area contributed by atoms with Crippen LogP contribution >= 0.6 is 35.3 Å². The molecule has 0 aliphatic heterocycles. The highest BCUT2D eigenvalue weighted by molar-refractivity contribution is 8.01. The van der Waals surface area contributed by atoms with E-state index in [0.29, 0.717) is 22.8 Å². The van der Waals surface area contributed by atoms with Crippen molar-refractivity contribution < 1.29 is 4.79 Å². The molecule has 0 unspecified atom stereocenters. The molecular formula is C16H17N3OS3. The Bertz CT molecular complexity index is 727. The average molecular weight is 364 g/mol. The van der Waals surface area contributed by atoms with Crippen molar-refractivity contribution in [2.45, 2.75) is 4.34 Å². The Morgan fingerprint density at radius 2 is 1.96 bits per heavy atom. The van der Waals surface area contributed by atoms with Crippen LogP contribution in [0.2, 0.25) is 0 Å². The Morgan fingerprint density at radius 1 is 1.30 bits per heavy atom. The first-order chi connectivity index (χ1) is 11.2. The summed E-state index contributed by atoms with van der Waals surface area (Å²) in [5.41, 5.74) is 0.923. The smallest absolute Gasteiger partial charge is 0.233 e. The second-order valence-corrected chi connectivity index (χ2v) is 7.39. The van der Waals surface area contributed by atoms with Crippen molar-refractivity contribution in [2.75, 3.05) is 18.8 Å². The van der Waals surface area contributed by atoms with Crippen LogP contribution in [0.4, 0.5) is 0 Å². The molecule has 0 bridgehead atoms. The van der Waals surface area contributed by atoms with Gasteiger partial charge in [0.1, 0.15) is 0 Å². The molecule has 0 aliphatic carbocycles. The first kappa shape index (κ1) is 17.7. The lowest BCUT2D eigenvalue weighted by atomic mass is 10.3. The highest BCUT2D eigenvalue weighted by atomic mass is 32.2. The third-order valence-electron chi connectivity index (χ3n) is 2.90. The number of aromatic nitrogens is 2. The minimum atomic E-state index is 0.0298. The summed E-state index contributed by atoms with van der Waals surface area (Å²) in [7, 11) is 0. The highest BCUT2D eigenvalue weighted by Crippen LogP contribution is 2.24.